The van der Waals surface area contributed by atoms with E-state index in [0.717, 1.165) is 16.7 Å². The lowest BCUT2D eigenvalue weighted by Crippen LogP contribution is -2.34. The maximum Gasteiger partial charge on any atom is 0.342 e. The Morgan fingerprint density at radius 1 is 1.28 bits per heavy atom. The van der Waals surface area contributed by atoms with Gasteiger partial charge in [-0.3, -0.25) is 0 Å². The molecule has 0 spiro atoms. The summed E-state index contributed by atoms with van der Waals surface area (Å²) in [5, 5.41) is 12.0. The van der Waals surface area contributed by atoms with Crippen molar-refractivity contribution in [3.05, 3.63) is 46.8 Å². The van der Waals surface area contributed by atoms with Gasteiger partial charge in [0.15, 0.2) is 0 Å². The number of carbonyl (C=O) groups is 1. The van der Waals surface area contributed by atoms with Gasteiger partial charge in [-0.1, -0.05) is 22.8 Å². The van der Waals surface area contributed by atoms with Gasteiger partial charge in [0.2, 0.25) is 0 Å². The second-order valence-corrected chi connectivity index (χ2v) is 6.61. The van der Waals surface area contributed by atoms with Gasteiger partial charge in [0.05, 0.1) is 11.3 Å². The molecule has 25 heavy (non-hydrogen) atoms. The molecule has 0 radical (unpaired) electrons. The SMILES string of the molecule is Cc1cc(Cl)ccc1-c1noc(C)c1-c1ccn(C(=O)NC(C)C)n1. The first-order valence-electron chi connectivity index (χ1n) is 7.96. The summed E-state index contributed by atoms with van der Waals surface area (Å²) in [6.45, 7) is 7.58. The van der Waals surface area contributed by atoms with Gasteiger partial charge in [-0.2, -0.15) is 9.78 Å². The number of nitrogens with one attached hydrogen (secondary N) is 1. The van der Waals surface area contributed by atoms with Gasteiger partial charge in [0.25, 0.3) is 0 Å². The van der Waals surface area contributed by atoms with Crippen molar-refractivity contribution in [1.29, 1.82) is 0 Å². The molecule has 3 rings (SSSR count). The molecule has 0 fully saturated rings. The number of rotatable bonds is 3. The monoisotopic (exact) mass is 358 g/mol. The summed E-state index contributed by atoms with van der Waals surface area (Å²) < 4.78 is 6.67. The molecular formula is C18H19ClN4O2. The number of amides is 1. The van der Waals surface area contributed by atoms with Crippen LogP contribution in [0.25, 0.3) is 22.5 Å². The molecular weight excluding hydrogens is 340 g/mol. The highest BCUT2D eigenvalue weighted by Crippen LogP contribution is 2.35. The molecule has 3 aromatic rings. The zero-order chi connectivity index (χ0) is 18.1. The van der Waals surface area contributed by atoms with Crippen LogP contribution in [-0.4, -0.2) is 27.0 Å². The molecule has 130 valence electrons. The molecule has 0 atom stereocenters. The largest absolute Gasteiger partial charge is 0.360 e. The Morgan fingerprint density at radius 2 is 2.04 bits per heavy atom. The predicted octanol–water partition coefficient (Wildman–Crippen LogP) is 4.44. The Hall–Kier alpha value is -2.60. The number of hydrogen-bond acceptors (Lipinski definition) is 4. The molecule has 0 saturated carbocycles. The Morgan fingerprint density at radius 3 is 2.72 bits per heavy atom. The van der Waals surface area contributed by atoms with E-state index in [9.17, 15) is 4.79 Å². The number of hydrogen-bond donors (Lipinski definition) is 1. The number of benzene rings is 1. The van der Waals surface area contributed by atoms with Crippen LogP contribution in [0, 0.1) is 13.8 Å². The minimum Gasteiger partial charge on any atom is -0.360 e. The summed E-state index contributed by atoms with van der Waals surface area (Å²) in [4.78, 5) is 12.1. The average Bonchev–Trinajstić information content (AvgIpc) is 3.13. The van der Waals surface area contributed by atoms with Gasteiger partial charge in [0.1, 0.15) is 11.5 Å². The van der Waals surface area contributed by atoms with Crippen LogP contribution in [0.2, 0.25) is 5.02 Å². The zero-order valence-corrected chi connectivity index (χ0v) is 15.3. The highest BCUT2D eigenvalue weighted by molar-refractivity contribution is 6.30. The van der Waals surface area contributed by atoms with Crippen LogP contribution in [-0.2, 0) is 0 Å². The topological polar surface area (TPSA) is 73.0 Å². The summed E-state index contributed by atoms with van der Waals surface area (Å²) in [7, 11) is 0. The molecule has 0 aliphatic carbocycles. The maximum atomic E-state index is 12.1. The van der Waals surface area contributed by atoms with Gasteiger partial charge in [-0.25, -0.2) is 4.79 Å². The minimum atomic E-state index is -0.278. The van der Waals surface area contributed by atoms with Gasteiger partial charge >= 0.3 is 6.03 Å². The molecule has 0 aliphatic rings. The summed E-state index contributed by atoms with van der Waals surface area (Å²) in [6.07, 6.45) is 1.62. The van der Waals surface area contributed by atoms with Crippen molar-refractivity contribution in [2.45, 2.75) is 33.7 Å². The average molecular weight is 359 g/mol. The van der Waals surface area contributed by atoms with E-state index in [-0.39, 0.29) is 12.1 Å². The van der Waals surface area contributed by atoms with Crippen LogP contribution in [0.3, 0.4) is 0 Å². The molecule has 0 aliphatic heterocycles. The summed E-state index contributed by atoms with van der Waals surface area (Å²) in [5.74, 6) is 0.638. The van der Waals surface area contributed by atoms with E-state index in [1.165, 1.54) is 4.68 Å². The van der Waals surface area contributed by atoms with Crippen LogP contribution >= 0.6 is 11.6 Å². The predicted molar refractivity (Wildman–Crippen MR) is 96.7 cm³/mol. The fourth-order valence-electron chi connectivity index (χ4n) is 2.63. The van der Waals surface area contributed by atoms with E-state index < -0.39 is 0 Å². The molecule has 2 aromatic heterocycles. The third kappa shape index (κ3) is 3.44. The van der Waals surface area contributed by atoms with Gasteiger partial charge < -0.3 is 9.84 Å². The zero-order valence-electron chi connectivity index (χ0n) is 14.5. The molecule has 7 heteroatoms. The molecule has 1 amide bonds. The maximum absolute atomic E-state index is 12.1. The van der Waals surface area contributed by atoms with Crippen LogP contribution < -0.4 is 5.32 Å². The Labute approximate surface area is 150 Å². The molecule has 0 unspecified atom stereocenters. The quantitative estimate of drug-likeness (QED) is 0.751. The van der Waals surface area contributed by atoms with Crippen molar-refractivity contribution in [2.24, 2.45) is 0 Å². The van der Waals surface area contributed by atoms with Gasteiger partial charge in [-0.15, -0.1) is 0 Å². The fourth-order valence-corrected chi connectivity index (χ4v) is 2.86. The number of aryl methyl sites for hydroxylation is 2. The normalized spacial score (nSPS) is 11.1. The van der Waals surface area contributed by atoms with Crippen molar-refractivity contribution < 1.29 is 9.32 Å². The van der Waals surface area contributed by atoms with Crippen LogP contribution in [0.15, 0.2) is 35.0 Å². The minimum absolute atomic E-state index is 0.0322. The molecule has 0 saturated heterocycles. The lowest BCUT2D eigenvalue weighted by molar-refractivity contribution is 0.237. The highest BCUT2D eigenvalue weighted by atomic mass is 35.5. The van der Waals surface area contributed by atoms with E-state index >= 15 is 0 Å². The summed E-state index contributed by atoms with van der Waals surface area (Å²) in [5.41, 5.74) is 3.97. The number of carbonyl (C=O) groups excluding carboxylic acids is 1. The van der Waals surface area contributed by atoms with E-state index in [1.807, 2.05) is 45.9 Å². The van der Waals surface area contributed by atoms with E-state index in [2.05, 4.69) is 15.6 Å². The number of nitrogens with zero attached hydrogens (tertiary/aromatic N) is 3. The fraction of sp³-hybridized carbons (Fsp3) is 0.278. The molecule has 2 heterocycles. The van der Waals surface area contributed by atoms with Crippen LogP contribution in [0.5, 0.6) is 0 Å². The van der Waals surface area contributed by atoms with Crippen molar-refractivity contribution in [3.8, 4) is 22.5 Å². The molecule has 6 nitrogen and oxygen atoms in total. The molecule has 1 N–H and O–H groups in total. The second kappa shape index (κ2) is 6.72. The second-order valence-electron chi connectivity index (χ2n) is 6.17. The van der Waals surface area contributed by atoms with Gasteiger partial charge in [0, 0.05) is 22.8 Å². The van der Waals surface area contributed by atoms with E-state index in [1.54, 1.807) is 12.3 Å². The van der Waals surface area contributed by atoms with Crippen LogP contribution in [0.4, 0.5) is 4.79 Å². The Bertz CT molecular complexity index is 927. The summed E-state index contributed by atoms with van der Waals surface area (Å²) >= 11 is 6.04. The first-order valence-corrected chi connectivity index (χ1v) is 8.34. The standard InChI is InChI=1S/C18H19ClN4O2/c1-10(2)20-18(24)23-8-7-15(21-23)16-12(4)25-22-17(16)14-6-5-13(19)9-11(14)3/h5-10H,1-4H3,(H,20,24). The lowest BCUT2D eigenvalue weighted by Gasteiger charge is -2.07. The summed E-state index contributed by atoms with van der Waals surface area (Å²) in [6, 6.07) is 7.12. The number of halogens is 1. The van der Waals surface area contributed by atoms with Crippen molar-refractivity contribution in [1.82, 2.24) is 20.3 Å². The van der Waals surface area contributed by atoms with Crippen molar-refractivity contribution >= 4 is 17.6 Å². The molecule has 1 aromatic carbocycles. The number of aromatic nitrogens is 3. The highest BCUT2D eigenvalue weighted by Gasteiger charge is 2.21. The third-order valence-corrected chi connectivity index (χ3v) is 4.01. The van der Waals surface area contributed by atoms with Crippen LogP contribution in [0.1, 0.15) is 25.2 Å². The van der Waals surface area contributed by atoms with Gasteiger partial charge in [-0.05, 0) is 51.5 Å². The van der Waals surface area contributed by atoms with Crippen molar-refractivity contribution in [2.75, 3.05) is 0 Å². The Balaban J connectivity index is 2.03. The van der Waals surface area contributed by atoms with E-state index in [0.29, 0.717) is 22.2 Å². The lowest BCUT2D eigenvalue weighted by atomic mass is 10.00. The first kappa shape index (κ1) is 17.2. The third-order valence-electron chi connectivity index (χ3n) is 3.77. The molecule has 0 bridgehead atoms. The van der Waals surface area contributed by atoms with Crippen molar-refractivity contribution in [3.63, 3.8) is 0 Å². The first-order chi connectivity index (χ1) is 11.9. The van der Waals surface area contributed by atoms with E-state index in [4.69, 9.17) is 16.1 Å². The smallest absolute Gasteiger partial charge is 0.342 e. The Kier molecular flexibility index (Phi) is 4.63.